The van der Waals surface area contributed by atoms with E-state index in [1.807, 2.05) is 0 Å². The highest BCUT2D eigenvalue weighted by Gasteiger charge is 2.26. The van der Waals surface area contributed by atoms with Crippen LogP contribution in [0.1, 0.15) is 46.0 Å². The van der Waals surface area contributed by atoms with Gasteiger partial charge in [-0.2, -0.15) is 0 Å². The van der Waals surface area contributed by atoms with Crippen LogP contribution in [-0.4, -0.2) is 37.1 Å². The van der Waals surface area contributed by atoms with Gasteiger partial charge in [-0.3, -0.25) is 0 Å². The van der Waals surface area contributed by atoms with E-state index >= 15 is 0 Å². The molecule has 0 saturated carbocycles. The summed E-state index contributed by atoms with van der Waals surface area (Å²) in [5.41, 5.74) is 0. The second-order valence-electron chi connectivity index (χ2n) is 5.82. The Morgan fingerprint density at radius 1 is 1.19 bits per heavy atom. The van der Waals surface area contributed by atoms with Crippen molar-refractivity contribution in [2.24, 2.45) is 11.8 Å². The Balaban J connectivity index is 1.68. The van der Waals surface area contributed by atoms with Gasteiger partial charge in [-0.05, 0) is 57.7 Å². The summed E-state index contributed by atoms with van der Waals surface area (Å²) in [6.07, 6.45) is 7.10. The lowest BCUT2D eigenvalue weighted by atomic mass is 9.91. The molecule has 2 heteroatoms. The number of nitrogens with one attached hydrogen (secondary N) is 1. The molecule has 94 valence electrons. The van der Waals surface area contributed by atoms with Gasteiger partial charge < -0.3 is 10.2 Å². The van der Waals surface area contributed by atoms with Gasteiger partial charge in [-0.25, -0.2) is 0 Å². The van der Waals surface area contributed by atoms with Crippen LogP contribution in [0.3, 0.4) is 0 Å². The fourth-order valence-corrected chi connectivity index (χ4v) is 3.36. The molecule has 0 aliphatic carbocycles. The Hall–Kier alpha value is -0.0800. The van der Waals surface area contributed by atoms with Crippen molar-refractivity contribution in [2.45, 2.75) is 52.0 Å². The predicted molar refractivity (Wildman–Crippen MR) is 69.6 cm³/mol. The quantitative estimate of drug-likeness (QED) is 0.789. The van der Waals surface area contributed by atoms with E-state index in [-0.39, 0.29) is 0 Å². The van der Waals surface area contributed by atoms with E-state index in [0.29, 0.717) is 0 Å². The van der Waals surface area contributed by atoms with Gasteiger partial charge in [0, 0.05) is 12.6 Å². The highest BCUT2D eigenvalue weighted by molar-refractivity contribution is 4.84. The number of nitrogens with zero attached hydrogens (tertiary/aromatic N) is 1. The van der Waals surface area contributed by atoms with Gasteiger partial charge in [-0.15, -0.1) is 0 Å². The molecule has 0 radical (unpaired) electrons. The van der Waals surface area contributed by atoms with Crippen molar-refractivity contribution in [2.75, 3.05) is 26.2 Å². The molecule has 0 spiro atoms. The average Bonchev–Trinajstić information content (AvgIpc) is 2.68. The standard InChI is InChI=1S/C14H28N2/c1-3-4-13-6-9-16(10-7-13)11-14-5-8-15-12(14)2/h12-15H,3-11H2,1-2H3. The molecule has 2 aliphatic rings. The monoisotopic (exact) mass is 224 g/mol. The summed E-state index contributed by atoms with van der Waals surface area (Å²) in [5.74, 6) is 1.93. The van der Waals surface area contributed by atoms with Crippen molar-refractivity contribution in [3.63, 3.8) is 0 Å². The number of hydrogen-bond acceptors (Lipinski definition) is 2. The van der Waals surface area contributed by atoms with E-state index in [1.165, 1.54) is 58.3 Å². The van der Waals surface area contributed by atoms with Crippen molar-refractivity contribution in [3.05, 3.63) is 0 Å². The normalized spacial score (nSPS) is 33.4. The van der Waals surface area contributed by atoms with Crippen LogP contribution < -0.4 is 5.32 Å². The lowest BCUT2D eigenvalue weighted by Crippen LogP contribution is -2.39. The molecular weight excluding hydrogens is 196 g/mol. The van der Waals surface area contributed by atoms with Gasteiger partial charge in [0.05, 0.1) is 0 Å². The number of rotatable bonds is 4. The molecule has 16 heavy (non-hydrogen) atoms. The van der Waals surface area contributed by atoms with Crippen LogP contribution in [0.4, 0.5) is 0 Å². The average molecular weight is 224 g/mol. The summed E-state index contributed by atoms with van der Waals surface area (Å²) in [6.45, 7) is 9.95. The lowest BCUT2D eigenvalue weighted by molar-refractivity contribution is 0.153. The summed E-state index contributed by atoms with van der Waals surface area (Å²) >= 11 is 0. The van der Waals surface area contributed by atoms with E-state index in [1.54, 1.807) is 0 Å². The van der Waals surface area contributed by atoms with Crippen LogP contribution in [0.5, 0.6) is 0 Å². The second kappa shape index (κ2) is 6.02. The summed E-state index contributed by atoms with van der Waals surface area (Å²) in [7, 11) is 0. The van der Waals surface area contributed by atoms with Crippen molar-refractivity contribution in [3.8, 4) is 0 Å². The van der Waals surface area contributed by atoms with Gasteiger partial charge in [0.25, 0.3) is 0 Å². The minimum atomic E-state index is 0.744. The van der Waals surface area contributed by atoms with E-state index in [0.717, 1.165) is 17.9 Å². The molecule has 2 heterocycles. The van der Waals surface area contributed by atoms with Crippen molar-refractivity contribution in [1.82, 2.24) is 10.2 Å². The highest BCUT2D eigenvalue weighted by Crippen LogP contribution is 2.24. The third kappa shape index (κ3) is 3.21. The van der Waals surface area contributed by atoms with Crippen molar-refractivity contribution in [1.29, 1.82) is 0 Å². The Morgan fingerprint density at radius 2 is 1.94 bits per heavy atom. The molecule has 0 bridgehead atoms. The molecular formula is C14H28N2. The molecule has 0 aromatic carbocycles. The Kier molecular flexibility index (Phi) is 4.66. The summed E-state index contributed by atoms with van der Waals surface area (Å²) < 4.78 is 0. The molecule has 2 saturated heterocycles. The largest absolute Gasteiger partial charge is 0.314 e. The molecule has 0 aromatic rings. The Bertz CT molecular complexity index is 197. The van der Waals surface area contributed by atoms with E-state index in [4.69, 9.17) is 0 Å². The molecule has 2 aliphatic heterocycles. The molecule has 2 fully saturated rings. The molecule has 0 aromatic heterocycles. The number of piperidine rings is 1. The zero-order chi connectivity index (χ0) is 11.4. The van der Waals surface area contributed by atoms with Crippen LogP contribution in [-0.2, 0) is 0 Å². The van der Waals surface area contributed by atoms with E-state index in [9.17, 15) is 0 Å². The molecule has 2 rings (SSSR count). The van der Waals surface area contributed by atoms with Crippen molar-refractivity contribution >= 4 is 0 Å². The first kappa shape index (κ1) is 12.4. The van der Waals surface area contributed by atoms with Crippen molar-refractivity contribution < 1.29 is 0 Å². The summed E-state index contributed by atoms with van der Waals surface area (Å²) in [4.78, 5) is 2.71. The van der Waals surface area contributed by atoms with Gasteiger partial charge in [0.2, 0.25) is 0 Å². The molecule has 1 N–H and O–H groups in total. The fraction of sp³-hybridized carbons (Fsp3) is 1.00. The maximum atomic E-state index is 3.56. The first-order valence-corrected chi connectivity index (χ1v) is 7.25. The van der Waals surface area contributed by atoms with Crippen LogP contribution in [0.2, 0.25) is 0 Å². The van der Waals surface area contributed by atoms with Gasteiger partial charge in [0.1, 0.15) is 0 Å². The zero-order valence-electron chi connectivity index (χ0n) is 11.0. The maximum absolute atomic E-state index is 3.56. The minimum absolute atomic E-state index is 0.744. The molecule has 2 atom stereocenters. The third-order valence-corrected chi connectivity index (χ3v) is 4.59. The number of likely N-dealkylation sites (tertiary alicyclic amines) is 1. The predicted octanol–water partition coefficient (Wildman–Crippen LogP) is 2.50. The van der Waals surface area contributed by atoms with E-state index in [2.05, 4.69) is 24.1 Å². The third-order valence-electron chi connectivity index (χ3n) is 4.59. The first-order chi connectivity index (χ1) is 7.79. The van der Waals surface area contributed by atoms with Gasteiger partial charge in [0.15, 0.2) is 0 Å². The SMILES string of the molecule is CCCC1CCN(CC2CCNC2C)CC1. The molecule has 2 unspecified atom stereocenters. The van der Waals surface area contributed by atoms with Crippen LogP contribution in [0.25, 0.3) is 0 Å². The van der Waals surface area contributed by atoms with Gasteiger partial charge in [-0.1, -0.05) is 19.8 Å². The topological polar surface area (TPSA) is 15.3 Å². The molecule has 0 amide bonds. The Labute approximate surface area is 101 Å². The van der Waals surface area contributed by atoms with E-state index < -0.39 is 0 Å². The lowest BCUT2D eigenvalue weighted by Gasteiger charge is -2.34. The van der Waals surface area contributed by atoms with Crippen LogP contribution >= 0.6 is 0 Å². The molecule has 2 nitrogen and oxygen atoms in total. The first-order valence-electron chi connectivity index (χ1n) is 7.25. The summed E-state index contributed by atoms with van der Waals surface area (Å²) in [6, 6.07) is 0.744. The maximum Gasteiger partial charge on any atom is 0.00796 e. The zero-order valence-corrected chi connectivity index (χ0v) is 11.0. The fourth-order valence-electron chi connectivity index (χ4n) is 3.36. The summed E-state index contributed by atoms with van der Waals surface area (Å²) in [5, 5.41) is 3.56. The smallest absolute Gasteiger partial charge is 0.00796 e. The van der Waals surface area contributed by atoms with Crippen LogP contribution in [0, 0.1) is 11.8 Å². The van der Waals surface area contributed by atoms with Crippen LogP contribution in [0.15, 0.2) is 0 Å². The highest BCUT2D eigenvalue weighted by atomic mass is 15.1. The number of hydrogen-bond donors (Lipinski definition) is 1. The van der Waals surface area contributed by atoms with Gasteiger partial charge >= 0.3 is 0 Å². The minimum Gasteiger partial charge on any atom is -0.314 e. The second-order valence-corrected chi connectivity index (χ2v) is 5.82. The Morgan fingerprint density at radius 3 is 2.50 bits per heavy atom.